The van der Waals surface area contributed by atoms with Gasteiger partial charge >= 0.3 is 0 Å². The van der Waals surface area contributed by atoms with Gasteiger partial charge in [0, 0.05) is 33.2 Å². The van der Waals surface area contributed by atoms with Crippen molar-refractivity contribution in [2.45, 2.75) is 13.0 Å². The molecule has 0 radical (unpaired) electrons. The van der Waals surface area contributed by atoms with Crippen LogP contribution >= 0.6 is 0 Å². The number of nitrogens with two attached hydrogens (primary N) is 1. The van der Waals surface area contributed by atoms with Crippen LogP contribution in [0.4, 0.5) is 0 Å². The topological polar surface area (TPSA) is 80.3 Å². The number of hydrogen-bond acceptors (Lipinski definition) is 5. The zero-order valence-electron chi connectivity index (χ0n) is 12.1. The monoisotopic (exact) mass is 281 g/mol. The minimum absolute atomic E-state index is 0.234. The van der Waals surface area contributed by atoms with Crippen LogP contribution < -0.4 is 10.5 Å². The van der Waals surface area contributed by atoms with E-state index in [9.17, 15) is 0 Å². The molecule has 0 aliphatic heterocycles. The van der Waals surface area contributed by atoms with Gasteiger partial charge in [0.1, 0.15) is 11.6 Å². The SMILES string of the molecule is COCCN(CCC(N)=NO)Cc1cccc(OC)c1. The third-order valence-electron chi connectivity index (χ3n) is 2.96. The molecule has 1 aromatic carbocycles. The quantitative estimate of drug-likeness (QED) is 0.308. The van der Waals surface area contributed by atoms with Crippen molar-refractivity contribution in [2.24, 2.45) is 10.9 Å². The summed E-state index contributed by atoms with van der Waals surface area (Å²) in [6.07, 6.45) is 0.518. The number of hydrogen-bond donors (Lipinski definition) is 2. The van der Waals surface area contributed by atoms with Crippen molar-refractivity contribution in [3.05, 3.63) is 29.8 Å². The van der Waals surface area contributed by atoms with E-state index in [2.05, 4.69) is 10.1 Å². The molecule has 112 valence electrons. The lowest BCUT2D eigenvalue weighted by Crippen LogP contribution is -2.30. The minimum Gasteiger partial charge on any atom is -0.497 e. The lowest BCUT2D eigenvalue weighted by molar-refractivity contribution is 0.145. The van der Waals surface area contributed by atoms with Crippen LogP contribution in [-0.2, 0) is 11.3 Å². The van der Waals surface area contributed by atoms with Gasteiger partial charge in [-0.15, -0.1) is 0 Å². The maximum Gasteiger partial charge on any atom is 0.140 e. The van der Waals surface area contributed by atoms with Crippen molar-refractivity contribution in [2.75, 3.05) is 33.9 Å². The summed E-state index contributed by atoms with van der Waals surface area (Å²) < 4.78 is 10.3. The van der Waals surface area contributed by atoms with Crippen molar-refractivity contribution in [1.29, 1.82) is 0 Å². The second kappa shape index (κ2) is 9.17. The molecule has 0 aliphatic carbocycles. The first-order valence-electron chi connectivity index (χ1n) is 6.50. The smallest absolute Gasteiger partial charge is 0.140 e. The van der Waals surface area contributed by atoms with E-state index >= 15 is 0 Å². The van der Waals surface area contributed by atoms with Gasteiger partial charge in [-0.05, 0) is 17.7 Å². The van der Waals surface area contributed by atoms with E-state index in [1.54, 1.807) is 14.2 Å². The molecule has 0 saturated heterocycles. The fourth-order valence-electron chi connectivity index (χ4n) is 1.84. The molecule has 20 heavy (non-hydrogen) atoms. The predicted octanol–water partition coefficient (Wildman–Crippen LogP) is 1.28. The molecule has 0 heterocycles. The number of ether oxygens (including phenoxy) is 2. The Labute approximate surface area is 119 Å². The van der Waals surface area contributed by atoms with Gasteiger partial charge in [-0.3, -0.25) is 4.90 Å². The van der Waals surface area contributed by atoms with E-state index in [0.717, 1.165) is 24.4 Å². The third-order valence-corrected chi connectivity index (χ3v) is 2.96. The van der Waals surface area contributed by atoms with Crippen molar-refractivity contribution in [3.8, 4) is 5.75 Å². The van der Waals surface area contributed by atoms with Crippen molar-refractivity contribution < 1.29 is 14.7 Å². The van der Waals surface area contributed by atoms with Crippen molar-refractivity contribution in [1.82, 2.24) is 4.90 Å². The summed E-state index contributed by atoms with van der Waals surface area (Å²) in [4.78, 5) is 2.19. The highest BCUT2D eigenvalue weighted by molar-refractivity contribution is 5.79. The highest BCUT2D eigenvalue weighted by Crippen LogP contribution is 2.14. The largest absolute Gasteiger partial charge is 0.497 e. The van der Waals surface area contributed by atoms with Crippen LogP contribution in [0.25, 0.3) is 0 Å². The molecule has 1 rings (SSSR count). The fourth-order valence-corrected chi connectivity index (χ4v) is 1.84. The second-order valence-electron chi connectivity index (χ2n) is 4.46. The molecule has 0 unspecified atom stereocenters. The van der Waals surface area contributed by atoms with Crippen LogP contribution in [0.5, 0.6) is 5.75 Å². The molecule has 6 nitrogen and oxygen atoms in total. The average Bonchev–Trinajstić information content (AvgIpc) is 2.49. The molecular formula is C14H23N3O3. The Kier molecular flexibility index (Phi) is 7.46. The Bertz CT molecular complexity index is 424. The molecule has 0 saturated carbocycles. The summed E-state index contributed by atoms with van der Waals surface area (Å²) in [5.74, 6) is 1.07. The highest BCUT2D eigenvalue weighted by atomic mass is 16.5. The Hall–Kier alpha value is -1.79. The van der Waals surface area contributed by atoms with Gasteiger partial charge in [-0.2, -0.15) is 0 Å². The molecule has 0 fully saturated rings. The predicted molar refractivity (Wildman–Crippen MR) is 78.2 cm³/mol. The van der Waals surface area contributed by atoms with E-state index in [-0.39, 0.29) is 5.84 Å². The molecule has 0 aliphatic rings. The third kappa shape index (κ3) is 5.90. The molecule has 3 N–H and O–H groups in total. The van der Waals surface area contributed by atoms with Crippen LogP contribution in [0, 0.1) is 0 Å². The van der Waals surface area contributed by atoms with Gasteiger partial charge in [0.05, 0.1) is 13.7 Å². The molecule has 0 bridgehead atoms. The first-order valence-corrected chi connectivity index (χ1v) is 6.50. The summed E-state index contributed by atoms with van der Waals surface area (Å²) in [7, 11) is 3.33. The number of oxime groups is 1. The number of rotatable bonds is 9. The first kappa shape index (κ1) is 16.3. The lowest BCUT2D eigenvalue weighted by Gasteiger charge is -2.22. The second-order valence-corrected chi connectivity index (χ2v) is 4.46. The van der Waals surface area contributed by atoms with Crippen molar-refractivity contribution >= 4 is 5.84 Å². The van der Waals surface area contributed by atoms with Crippen LogP contribution in [0.2, 0.25) is 0 Å². The van der Waals surface area contributed by atoms with Gasteiger partial charge in [0.2, 0.25) is 0 Å². The van der Waals surface area contributed by atoms with Crippen LogP contribution in [0.15, 0.2) is 29.4 Å². The van der Waals surface area contributed by atoms with Crippen molar-refractivity contribution in [3.63, 3.8) is 0 Å². The Morgan fingerprint density at radius 2 is 2.15 bits per heavy atom. The lowest BCUT2D eigenvalue weighted by atomic mass is 10.2. The van der Waals surface area contributed by atoms with Gasteiger partial charge in [0.15, 0.2) is 0 Å². The molecule has 6 heteroatoms. The van der Waals surface area contributed by atoms with E-state index in [1.807, 2.05) is 24.3 Å². The zero-order valence-corrected chi connectivity index (χ0v) is 12.1. The standard InChI is InChI=1S/C14H23N3O3/c1-19-9-8-17(7-6-14(15)16-18)11-12-4-3-5-13(10-12)20-2/h3-5,10,18H,6-9,11H2,1-2H3,(H2,15,16). The number of nitrogens with zero attached hydrogens (tertiary/aromatic N) is 2. The van der Waals surface area contributed by atoms with E-state index in [4.69, 9.17) is 20.4 Å². The van der Waals surface area contributed by atoms with Crippen LogP contribution in [0.3, 0.4) is 0 Å². The Morgan fingerprint density at radius 1 is 1.35 bits per heavy atom. The summed E-state index contributed by atoms with van der Waals surface area (Å²) in [5, 5.41) is 11.6. The minimum atomic E-state index is 0.234. The molecule has 0 spiro atoms. The highest BCUT2D eigenvalue weighted by Gasteiger charge is 2.08. The van der Waals surface area contributed by atoms with E-state index < -0.39 is 0 Å². The summed E-state index contributed by atoms with van der Waals surface area (Å²) in [6.45, 7) is 2.89. The molecule has 0 aromatic heterocycles. The van der Waals surface area contributed by atoms with Crippen LogP contribution in [0.1, 0.15) is 12.0 Å². The van der Waals surface area contributed by atoms with Gasteiger partial charge in [-0.1, -0.05) is 17.3 Å². The fraction of sp³-hybridized carbons (Fsp3) is 0.500. The molecular weight excluding hydrogens is 258 g/mol. The van der Waals surface area contributed by atoms with Gasteiger partial charge in [-0.25, -0.2) is 0 Å². The summed E-state index contributed by atoms with van der Waals surface area (Å²) in [5.41, 5.74) is 6.66. The van der Waals surface area contributed by atoms with Gasteiger partial charge < -0.3 is 20.4 Å². The maximum atomic E-state index is 8.58. The average molecular weight is 281 g/mol. The normalized spacial score (nSPS) is 11.8. The Balaban J connectivity index is 2.62. The van der Waals surface area contributed by atoms with Crippen LogP contribution in [-0.4, -0.2) is 49.9 Å². The maximum absolute atomic E-state index is 8.58. The van der Waals surface area contributed by atoms with E-state index in [0.29, 0.717) is 19.6 Å². The zero-order chi connectivity index (χ0) is 14.8. The molecule has 0 amide bonds. The van der Waals surface area contributed by atoms with Gasteiger partial charge in [0.25, 0.3) is 0 Å². The summed E-state index contributed by atoms with van der Waals surface area (Å²) in [6, 6.07) is 7.93. The summed E-state index contributed by atoms with van der Waals surface area (Å²) >= 11 is 0. The first-order chi connectivity index (χ1) is 9.69. The number of benzene rings is 1. The van der Waals surface area contributed by atoms with E-state index in [1.165, 1.54) is 0 Å². The molecule has 1 aromatic rings. The number of amidine groups is 1. The Morgan fingerprint density at radius 3 is 2.80 bits per heavy atom. The molecule has 0 atom stereocenters. The number of methoxy groups -OCH3 is 2.